The summed E-state index contributed by atoms with van der Waals surface area (Å²) in [5, 5.41) is 5.95. The summed E-state index contributed by atoms with van der Waals surface area (Å²) < 4.78 is 5.48. The molecule has 0 spiro atoms. The molecule has 1 unspecified atom stereocenters. The molecule has 1 saturated carbocycles. The van der Waals surface area contributed by atoms with Crippen molar-refractivity contribution in [3.63, 3.8) is 0 Å². The van der Waals surface area contributed by atoms with Crippen molar-refractivity contribution in [2.24, 2.45) is 11.7 Å². The third-order valence-electron chi connectivity index (χ3n) is 5.12. The Balaban J connectivity index is 0.00000392. The summed E-state index contributed by atoms with van der Waals surface area (Å²) in [7, 11) is 0. The summed E-state index contributed by atoms with van der Waals surface area (Å²) in [6, 6.07) is 7.24. The van der Waals surface area contributed by atoms with E-state index in [2.05, 4.69) is 10.6 Å². The number of nitrogens with two attached hydrogens (primary N) is 1. The lowest BCUT2D eigenvalue weighted by atomic mass is 9.84. The van der Waals surface area contributed by atoms with Gasteiger partial charge in [-0.15, -0.1) is 12.4 Å². The first kappa shape index (κ1) is 24.2. The molecule has 2 rings (SSSR count). The highest BCUT2D eigenvalue weighted by Crippen LogP contribution is 2.26. The summed E-state index contributed by atoms with van der Waals surface area (Å²) in [6.07, 6.45) is 7.02. The number of halogens is 1. The zero-order valence-corrected chi connectivity index (χ0v) is 17.6. The van der Waals surface area contributed by atoms with Gasteiger partial charge in [0.1, 0.15) is 5.75 Å². The van der Waals surface area contributed by atoms with E-state index in [1.54, 1.807) is 12.1 Å². The molecule has 0 saturated heterocycles. The number of hydrogen-bond acceptors (Lipinski definition) is 4. The molecule has 1 aliphatic carbocycles. The molecular weight excluding hydrogens is 378 g/mol. The SMILES string of the molecule is CCOc1ccccc1C(=O)NCCCC(=O)NC(CN)C1CCCCC1.Cl. The minimum absolute atomic E-state index is 0. The predicted molar refractivity (Wildman–Crippen MR) is 114 cm³/mol. The average molecular weight is 412 g/mol. The van der Waals surface area contributed by atoms with Gasteiger partial charge in [0, 0.05) is 25.6 Å². The van der Waals surface area contributed by atoms with Crippen molar-refractivity contribution in [1.29, 1.82) is 0 Å². The quantitative estimate of drug-likeness (QED) is 0.516. The lowest BCUT2D eigenvalue weighted by Gasteiger charge is -2.30. The summed E-state index contributed by atoms with van der Waals surface area (Å²) in [4.78, 5) is 24.5. The van der Waals surface area contributed by atoms with E-state index in [0.29, 0.717) is 49.8 Å². The second kappa shape index (κ2) is 13.4. The van der Waals surface area contributed by atoms with Crippen LogP contribution in [0.4, 0.5) is 0 Å². The Morgan fingerprint density at radius 3 is 2.61 bits per heavy atom. The minimum atomic E-state index is -0.179. The second-order valence-electron chi connectivity index (χ2n) is 7.10. The molecule has 1 fully saturated rings. The van der Waals surface area contributed by atoms with Gasteiger partial charge in [0.15, 0.2) is 0 Å². The van der Waals surface area contributed by atoms with Gasteiger partial charge in [-0.25, -0.2) is 0 Å². The van der Waals surface area contributed by atoms with Crippen LogP contribution in [-0.4, -0.2) is 37.6 Å². The molecule has 7 heteroatoms. The Morgan fingerprint density at radius 1 is 1.21 bits per heavy atom. The van der Waals surface area contributed by atoms with E-state index in [-0.39, 0.29) is 30.3 Å². The van der Waals surface area contributed by atoms with E-state index in [1.165, 1.54) is 19.3 Å². The second-order valence-corrected chi connectivity index (χ2v) is 7.10. The number of amides is 2. The zero-order chi connectivity index (χ0) is 19.5. The van der Waals surface area contributed by atoms with Gasteiger partial charge in [-0.1, -0.05) is 31.4 Å². The Kier molecular flexibility index (Phi) is 11.6. The van der Waals surface area contributed by atoms with Gasteiger partial charge in [-0.05, 0) is 44.2 Å². The maximum absolute atomic E-state index is 12.3. The van der Waals surface area contributed by atoms with Gasteiger partial charge < -0.3 is 21.1 Å². The molecular formula is C21H34ClN3O3. The van der Waals surface area contributed by atoms with Crippen molar-refractivity contribution >= 4 is 24.2 Å². The third-order valence-corrected chi connectivity index (χ3v) is 5.12. The normalized spacial score (nSPS) is 15.2. The average Bonchev–Trinajstić information content (AvgIpc) is 2.70. The van der Waals surface area contributed by atoms with Crippen LogP contribution in [-0.2, 0) is 4.79 Å². The Labute approximate surface area is 174 Å². The standard InChI is InChI=1S/C21H33N3O3.ClH/c1-2-27-19-12-7-6-11-17(19)21(26)23-14-8-13-20(25)24-18(15-22)16-9-4-3-5-10-16;/h6-7,11-12,16,18H,2-5,8-10,13-15,22H2,1H3,(H,23,26)(H,24,25);1H. The van der Waals surface area contributed by atoms with Crippen LogP contribution in [0.25, 0.3) is 0 Å². The molecule has 1 aromatic rings. The van der Waals surface area contributed by atoms with Crippen LogP contribution < -0.4 is 21.1 Å². The van der Waals surface area contributed by atoms with E-state index in [4.69, 9.17) is 10.5 Å². The highest BCUT2D eigenvalue weighted by molar-refractivity contribution is 5.96. The Hall–Kier alpha value is -1.79. The molecule has 0 radical (unpaired) electrons. The molecule has 0 aliphatic heterocycles. The van der Waals surface area contributed by atoms with Crippen molar-refractivity contribution in [2.45, 2.75) is 57.9 Å². The maximum Gasteiger partial charge on any atom is 0.255 e. The molecule has 158 valence electrons. The number of hydrogen-bond donors (Lipinski definition) is 3. The van der Waals surface area contributed by atoms with Crippen molar-refractivity contribution in [3.05, 3.63) is 29.8 Å². The number of carbonyl (C=O) groups excluding carboxylic acids is 2. The topological polar surface area (TPSA) is 93.4 Å². The monoisotopic (exact) mass is 411 g/mol. The molecule has 1 atom stereocenters. The fourth-order valence-electron chi connectivity index (χ4n) is 3.67. The smallest absolute Gasteiger partial charge is 0.255 e. The lowest BCUT2D eigenvalue weighted by Crippen LogP contribution is -2.46. The van der Waals surface area contributed by atoms with Crippen LogP contribution >= 0.6 is 12.4 Å². The molecule has 6 nitrogen and oxygen atoms in total. The number of carbonyl (C=O) groups is 2. The number of benzene rings is 1. The van der Waals surface area contributed by atoms with E-state index >= 15 is 0 Å². The molecule has 2 amide bonds. The summed E-state index contributed by atoms with van der Waals surface area (Å²) in [5.74, 6) is 0.914. The molecule has 4 N–H and O–H groups in total. The van der Waals surface area contributed by atoms with Gasteiger partial charge in [-0.3, -0.25) is 9.59 Å². The van der Waals surface area contributed by atoms with Gasteiger partial charge in [0.25, 0.3) is 5.91 Å². The van der Waals surface area contributed by atoms with Crippen LogP contribution in [0.3, 0.4) is 0 Å². The highest BCUT2D eigenvalue weighted by Gasteiger charge is 2.23. The van der Waals surface area contributed by atoms with E-state index in [0.717, 1.165) is 12.8 Å². The number of para-hydroxylation sites is 1. The van der Waals surface area contributed by atoms with Crippen LogP contribution in [0.1, 0.15) is 62.2 Å². The van der Waals surface area contributed by atoms with E-state index in [1.807, 2.05) is 19.1 Å². The van der Waals surface area contributed by atoms with Crippen molar-refractivity contribution in [3.8, 4) is 5.75 Å². The Morgan fingerprint density at radius 2 is 1.93 bits per heavy atom. The van der Waals surface area contributed by atoms with Gasteiger partial charge in [0.2, 0.25) is 5.91 Å². The van der Waals surface area contributed by atoms with Gasteiger partial charge in [-0.2, -0.15) is 0 Å². The zero-order valence-electron chi connectivity index (χ0n) is 16.7. The van der Waals surface area contributed by atoms with Crippen molar-refractivity contribution < 1.29 is 14.3 Å². The maximum atomic E-state index is 12.3. The molecule has 0 aromatic heterocycles. The van der Waals surface area contributed by atoms with E-state index < -0.39 is 0 Å². The largest absolute Gasteiger partial charge is 0.493 e. The van der Waals surface area contributed by atoms with Crippen LogP contribution in [0.15, 0.2) is 24.3 Å². The fourth-order valence-corrected chi connectivity index (χ4v) is 3.67. The predicted octanol–water partition coefficient (Wildman–Crippen LogP) is 3.04. The Bertz CT molecular complexity index is 606. The van der Waals surface area contributed by atoms with Gasteiger partial charge >= 0.3 is 0 Å². The summed E-state index contributed by atoms with van der Waals surface area (Å²) in [5.41, 5.74) is 6.38. The van der Waals surface area contributed by atoms with Crippen LogP contribution in [0, 0.1) is 5.92 Å². The number of rotatable bonds is 10. The van der Waals surface area contributed by atoms with Crippen LogP contribution in [0.2, 0.25) is 0 Å². The molecule has 28 heavy (non-hydrogen) atoms. The highest BCUT2D eigenvalue weighted by atomic mass is 35.5. The minimum Gasteiger partial charge on any atom is -0.493 e. The van der Waals surface area contributed by atoms with Crippen molar-refractivity contribution in [1.82, 2.24) is 10.6 Å². The lowest BCUT2D eigenvalue weighted by molar-refractivity contribution is -0.122. The van der Waals surface area contributed by atoms with E-state index in [9.17, 15) is 9.59 Å². The molecule has 0 bridgehead atoms. The fraction of sp³-hybridized carbons (Fsp3) is 0.619. The summed E-state index contributed by atoms with van der Waals surface area (Å²) >= 11 is 0. The molecule has 0 heterocycles. The third kappa shape index (κ3) is 7.68. The summed E-state index contributed by atoms with van der Waals surface area (Å²) in [6.45, 7) is 3.33. The first-order valence-electron chi connectivity index (χ1n) is 10.1. The number of ether oxygens (including phenoxy) is 1. The first-order chi connectivity index (χ1) is 13.2. The van der Waals surface area contributed by atoms with Crippen molar-refractivity contribution in [2.75, 3.05) is 19.7 Å². The number of nitrogens with one attached hydrogen (secondary N) is 2. The first-order valence-corrected chi connectivity index (χ1v) is 10.1. The van der Waals surface area contributed by atoms with Crippen LogP contribution in [0.5, 0.6) is 5.75 Å². The molecule has 1 aliphatic rings. The molecule has 1 aromatic carbocycles. The van der Waals surface area contributed by atoms with Gasteiger partial charge in [0.05, 0.1) is 12.2 Å².